The molecule has 0 saturated carbocycles. The van der Waals surface area contributed by atoms with Crippen LogP contribution in [0.1, 0.15) is 0 Å². The monoisotopic (exact) mass is 936 g/mol. The molecule has 8 aromatic carbocycles. The zero-order valence-electron chi connectivity index (χ0n) is 32.0. The molecule has 0 unspecified atom stereocenters. The quantitative estimate of drug-likeness (QED) is 0.118. The smallest absolute Gasteiger partial charge is 0.391 e. The van der Waals surface area contributed by atoms with E-state index < -0.39 is 0 Å². The molecule has 59 heavy (non-hydrogen) atoms. The predicted octanol–water partition coefficient (Wildman–Crippen LogP) is 12.9. The van der Waals surface area contributed by atoms with Crippen molar-refractivity contribution in [2.75, 3.05) is 11.9 Å². The van der Waals surface area contributed by atoms with Crippen LogP contribution in [0.25, 0.3) is 60.6 Å². The van der Waals surface area contributed by atoms with Crippen molar-refractivity contribution in [2.24, 2.45) is 0 Å². The molecule has 5 nitrogen and oxygen atoms in total. The Balaban J connectivity index is 0.00000420. The van der Waals surface area contributed by atoms with Gasteiger partial charge in [-0.05, 0) is 68.9 Å². The predicted molar refractivity (Wildman–Crippen MR) is 240 cm³/mol. The van der Waals surface area contributed by atoms with Crippen LogP contribution in [0, 0.1) is 12.1 Å². The van der Waals surface area contributed by atoms with Crippen molar-refractivity contribution >= 4 is 72.7 Å². The summed E-state index contributed by atoms with van der Waals surface area (Å²) in [6.07, 6.45) is 1.84. The zero-order valence-corrected chi connectivity index (χ0v) is 34.3. The van der Waals surface area contributed by atoms with Crippen LogP contribution in [0.3, 0.4) is 0 Å². The molecule has 280 valence electrons. The van der Waals surface area contributed by atoms with E-state index in [-0.39, 0.29) is 21.1 Å². The molecule has 0 bridgehead atoms. The van der Waals surface area contributed by atoms with Gasteiger partial charge < -0.3 is 9.47 Å². The molecule has 0 amide bonds. The Bertz CT molecular complexity index is 3220. The van der Waals surface area contributed by atoms with E-state index in [2.05, 4.69) is 214 Å². The number of rotatable bonds is 7. The Hall–Kier alpha value is -7.16. The van der Waals surface area contributed by atoms with Crippen LogP contribution < -0.4 is 14.1 Å². The molecule has 0 radical (unpaired) electrons. The molecule has 0 atom stereocenters. The van der Waals surface area contributed by atoms with Gasteiger partial charge in [-0.2, -0.15) is 12.1 Å². The molecule has 0 fully saturated rings. The largest absolute Gasteiger partial charge is 2.00 e. The van der Waals surface area contributed by atoms with E-state index in [0.717, 1.165) is 84.0 Å². The summed E-state index contributed by atoms with van der Waals surface area (Å²) in [5.41, 5.74) is 12.5. The molecule has 0 N–H and O–H groups in total. The van der Waals surface area contributed by atoms with Gasteiger partial charge in [0.2, 0.25) is 5.69 Å². The van der Waals surface area contributed by atoms with Gasteiger partial charge in [0.25, 0.3) is 5.69 Å². The summed E-state index contributed by atoms with van der Waals surface area (Å²) in [5.74, 6) is 0.860. The van der Waals surface area contributed by atoms with Crippen molar-refractivity contribution in [3.05, 3.63) is 206 Å². The van der Waals surface area contributed by atoms with Crippen molar-refractivity contribution in [2.45, 2.75) is 0 Å². The second-order valence-electron chi connectivity index (χ2n) is 14.5. The van der Waals surface area contributed by atoms with Crippen LogP contribution in [0.4, 0.5) is 34.1 Å². The first-order valence-electron chi connectivity index (χ1n) is 19.5. The fraction of sp³-hybridized carbons (Fsp3) is 0.0189. The summed E-state index contributed by atoms with van der Waals surface area (Å²) in [4.78, 5) is 6.88. The third kappa shape index (κ3) is 6.11. The summed E-state index contributed by atoms with van der Waals surface area (Å²) in [5, 5.41) is 4.62. The van der Waals surface area contributed by atoms with Crippen LogP contribution in [-0.2, 0) is 21.1 Å². The first-order valence-corrected chi connectivity index (χ1v) is 19.5. The first-order chi connectivity index (χ1) is 28.7. The Morgan fingerprint density at radius 3 is 1.93 bits per heavy atom. The fourth-order valence-corrected chi connectivity index (χ4v) is 8.40. The second kappa shape index (κ2) is 15.0. The van der Waals surface area contributed by atoms with Crippen molar-refractivity contribution in [3.8, 4) is 28.1 Å². The Morgan fingerprint density at radius 1 is 0.525 bits per heavy atom. The van der Waals surface area contributed by atoms with Gasteiger partial charge >= 0.3 is 32.8 Å². The number of aromatic nitrogens is 2. The molecule has 10 aromatic rings. The van der Waals surface area contributed by atoms with Gasteiger partial charge in [0.1, 0.15) is 11.5 Å². The minimum Gasteiger partial charge on any atom is -0.391 e. The van der Waals surface area contributed by atoms with E-state index in [9.17, 15) is 0 Å². The van der Waals surface area contributed by atoms with Crippen LogP contribution in [0.15, 0.2) is 194 Å². The zero-order chi connectivity index (χ0) is 38.6. The average molecular weight is 937 g/mol. The summed E-state index contributed by atoms with van der Waals surface area (Å²) in [6, 6.07) is 77.4. The SMILES string of the molecule is CN(c1[c-]c([N+]2=C=[N+](c3c(-c4ccccc4)cccc3-c3ccccc3)c3c2ccc2ccccc32)ccc1)c1[c-]c2c(cc1)c1ccccc1n2-c1ccccn1.[Pt+2]. The van der Waals surface area contributed by atoms with Crippen molar-refractivity contribution in [1.82, 2.24) is 18.7 Å². The number of fused-ring (bicyclic) bond motifs is 6. The van der Waals surface area contributed by atoms with Gasteiger partial charge in [0, 0.05) is 24.8 Å². The van der Waals surface area contributed by atoms with Gasteiger partial charge in [-0.15, -0.1) is 23.6 Å². The van der Waals surface area contributed by atoms with Gasteiger partial charge in [0.15, 0.2) is 0 Å². The Labute approximate surface area is 357 Å². The van der Waals surface area contributed by atoms with Crippen LogP contribution in [0.5, 0.6) is 0 Å². The molecule has 0 aliphatic carbocycles. The third-order valence-electron chi connectivity index (χ3n) is 11.1. The molecule has 1 aliphatic heterocycles. The van der Waals surface area contributed by atoms with E-state index in [1.54, 1.807) is 0 Å². The number of pyridine rings is 1. The molecule has 1 aliphatic rings. The van der Waals surface area contributed by atoms with E-state index in [1.165, 1.54) is 10.8 Å². The normalized spacial score (nSPS) is 11.9. The van der Waals surface area contributed by atoms with E-state index in [1.807, 2.05) is 24.4 Å². The molecule has 0 saturated heterocycles. The third-order valence-corrected chi connectivity index (χ3v) is 11.1. The first kappa shape index (κ1) is 36.2. The molecule has 11 rings (SSSR count). The number of hydrogen-bond acceptors (Lipinski definition) is 2. The number of para-hydroxylation sites is 2. The summed E-state index contributed by atoms with van der Waals surface area (Å²) in [6.45, 7) is 0. The van der Waals surface area contributed by atoms with E-state index >= 15 is 0 Å². The van der Waals surface area contributed by atoms with Gasteiger partial charge in [-0.25, -0.2) is 4.98 Å². The molecule has 3 heterocycles. The molecule has 0 spiro atoms. The van der Waals surface area contributed by atoms with Gasteiger partial charge in [-0.1, -0.05) is 143 Å². The maximum absolute atomic E-state index is 4.73. The average Bonchev–Trinajstić information content (AvgIpc) is 3.86. The van der Waals surface area contributed by atoms with Gasteiger partial charge in [0.05, 0.1) is 16.5 Å². The number of hydrogen-bond donors (Lipinski definition) is 0. The van der Waals surface area contributed by atoms with Crippen LogP contribution in [-0.4, -0.2) is 22.6 Å². The van der Waals surface area contributed by atoms with Crippen molar-refractivity contribution in [1.29, 1.82) is 0 Å². The maximum Gasteiger partial charge on any atom is 2.00 e. The standard InChI is InChI=1S/C53H35N5.Pt/c1-55(41-30-31-47-46-24-10-11-27-48(46)58(50(47)35-41)51-28-12-13-33-54-51)40-21-14-22-42(34-40)56-36-57(53-45-23-9-8-20-39(45)29-32-49(53)56)52-43(37-16-4-2-5-17-37)25-15-26-44(52)38-18-6-3-7-19-38;/h2-33H,1H3;/q;+2. The van der Waals surface area contributed by atoms with Gasteiger partial charge in [-0.3, -0.25) is 0 Å². The maximum atomic E-state index is 4.73. The van der Waals surface area contributed by atoms with Crippen molar-refractivity contribution < 1.29 is 21.1 Å². The minimum absolute atomic E-state index is 0. The molecule has 6 heteroatoms. The summed E-state index contributed by atoms with van der Waals surface area (Å²) in [7, 11) is 2.08. The summed E-state index contributed by atoms with van der Waals surface area (Å²) < 4.78 is 6.62. The van der Waals surface area contributed by atoms with E-state index in [4.69, 9.17) is 4.98 Å². The second-order valence-corrected chi connectivity index (χ2v) is 14.5. The molecular formula is C53H35N5Pt+2. The number of benzene rings is 8. The number of anilines is 2. The van der Waals surface area contributed by atoms with Crippen molar-refractivity contribution in [3.63, 3.8) is 0 Å². The number of nitrogens with zero attached hydrogens (tertiary/aromatic N) is 5. The Kier molecular flexibility index (Phi) is 9.19. The minimum atomic E-state index is 0. The topological polar surface area (TPSA) is 27.1 Å². The van der Waals surface area contributed by atoms with E-state index in [0.29, 0.717) is 0 Å². The van der Waals surface area contributed by atoms with Crippen LogP contribution in [0.2, 0.25) is 0 Å². The fourth-order valence-electron chi connectivity index (χ4n) is 8.40. The molecular weight excluding hydrogens is 902 g/mol. The molecule has 2 aromatic heterocycles. The summed E-state index contributed by atoms with van der Waals surface area (Å²) >= 11 is 0. The Morgan fingerprint density at radius 2 is 1.19 bits per heavy atom. The van der Waals surface area contributed by atoms with Crippen LogP contribution >= 0.6 is 0 Å².